The predicted molar refractivity (Wildman–Crippen MR) is 72.2 cm³/mol. The second-order valence-corrected chi connectivity index (χ2v) is 6.63. The molecule has 0 fully saturated rings. The van der Waals surface area contributed by atoms with E-state index in [1.54, 1.807) is 12.3 Å². The highest BCUT2D eigenvalue weighted by Gasteiger charge is 2.14. The second kappa shape index (κ2) is 4.38. The third-order valence-corrected chi connectivity index (χ3v) is 4.26. The van der Waals surface area contributed by atoms with E-state index in [0.29, 0.717) is 15.7 Å². The fraction of sp³-hybridized carbons (Fsp3) is 0.250. The molecule has 0 aliphatic rings. The molecule has 0 bridgehead atoms. The Kier molecular flexibility index (Phi) is 3.23. The molecule has 0 unspecified atom stereocenters. The highest BCUT2D eigenvalue weighted by molar-refractivity contribution is 9.08. The van der Waals surface area contributed by atoms with E-state index in [-0.39, 0.29) is 0 Å². The number of fused-ring (bicyclic) bond motifs is 1. The Balaban J connectivity index is 2.90. The first-order valence-electron chi connectivity index (χ1n) is 5.07. The van der Waals surface area contributed by atoms with Gasteiger partial charge in [0.25, 0.3) is 0 Å². The zero-order valence-corrected chi connectivity index (χ0v) is 12.0. The van der Waals surface area contributed by atoms with Gasteiger partial charge in [-0.3, -0.25) is 4.98 Å². The van der Waals surface area contributed by atoms with Crippen LogP contribution in [0.25, 0.3) is 10.9 Å². The van der Waals surface area contributed by atoms with Gasteiger partial charge in [0.15, 0.2) is 9.84 Å². The van der Waals surface area contributed by atoms with E-state index in [1.807, 2.05) is 19.1 Å². The average molecular weight is 314 g/mol. The second-order valence-electron chi connectivity index (χ2n) is 4.08. The standard InChI is InChI=1S/C12H12BrNO2S/c1-8-3-10-4-9(6-13)5-11(17(2,15)16)12(10)14-7-8/h3-5,7H,6H2,1-2H3. The molecule has 0 radical (unpaired) electrons. The minimum absolute atomic E-state index is 0.296. The maximum atomic E-state index is 11.7. The van der Waals surface area contributed by atoms with Crippen molar-refractivity contribution in [2.75, 3.05) is 6.26 Å². The lowest BCUT2D eigenvalue weighted by molar-refractivity contribution is 0.602. The molecule has 1 heterocycles. The molecule has 3 nitrogen and oxygen atoms in total. The number of aromatic nitrogens is 1. The zero-order valence-electron chi connectivity index (χ0n) is 9.57. The monoisotopic (exact) mass is 313 g/mol. The van der Waals surface area contributed by atoms with Crippen molar-refractivity contribution >= 4 is 36.7 Å². The maximum Gasteiger partial charge on any atom is 0.177 e. The van der Waals surface area contributed by atoms with Gasteiger partial charge in [-0.25, -0.2) is 8.42 Å². The Hall–Kier alpha value is -0.940. The van der Waals surface area contributed by atoms with Crippen LogP contribution in [0.2, 0.25) is 0 Å². The first kappa shape index (κ1) is 12.5. The number of hydrogen-bond donors (Lipinski definition) is 0. The normalized spacial score (nSPS) is 11.9. The van der Waals surface area contributed by atoms with Crippen LogP contribution in [0.5, 0.6) is 0 Å². The zero-order chi connectivity index (χ0) is 12.6. The van der Waals surface area contributed by atoms with Gasteiger partial charge in [-0.2, -0.15) is 0 Å². The van der Waals surface area contributed by atoms with Crippen molar-refractivity contribution in [2.45, 2.75) is 17.1 Å². The van der Waals surface area contributed by atoms with Gasteiger partial charge in [0.1, 0.15) is 0 Å². The molecular weight excluding hydrogens is 302 g/mol. The number of aryl methyl sites for hydroxylation is 1. The van der Waals surface area contributed by atoms with Gasteiger partial charge in [0.05, 0.1) is 10.4 Å². The molecule has 2 rings (SSSR count). The number of hydrogen-bond acceptors (Lipinski definition) is 3. The molecule has 0 saturated heterocycles. The molecule has 17 heavy (non-hydrogen) atoms. The first-order chi connectivity index (χ1) is 7.91. The van der Waals surface area contributed by atoms with Crippen molar-refractivity contribution in [2.24, 2.45) is 0 Å². The van der Waals surface area contributed by atoms with Crippen molar-refractivity contribution in [3.8, 4) is 0 Å². The molecule has 0 amide bonds. The average Bonchev–Trinajstić information content (AvgIpc) is 2.25. The quantitative estimate of drug-likeness (QED) is 0.801. The van der Waals surface area contributed by atoms with Crippen molar-refractivity contribution in [1.82, 2.24) is 4.98 Å². The lowest BCUT2D eigenvalue weighted by Crippen LogP contribution is -2.01. The minimum Gasteiger partial charge on any atom is -0.255 e. The Bertz CT molecular complexity index is 680. The highest BCUT2D eigenvalue weighted by Crippen LogP contribution is 2.25. The fourth-order valence-corrected chi connectivity index (χ4v) is 2.96. The van der Waals surface area contributed by atoms with Crippen LogP contribution in [0.1, 0.15) is 11.1 Å². The first-order valence-corrected chi connectivity index (χ1v) is 8.08. The van der Waals surface area contributed by atoms with E-state index < -0.39 is 9.84 Å². The highest BCUT2D eigenvalue weighted by atomic mass is 79.9. The van der Waals surface area contributed by atoms with Crippen molar-refractivity contribution in [1.29, 1.82) is 0 Å². The van der Waals surface area contributed by atoms with Gasteiger partial charge in [-0.15, -0.1) is 0 Å². The number of sulfone groups is 1. The maximum absolute atomic E-state index is 11.7. The third-order valence-electron chi connectivity index (χ3n) is 2.50. The van der Waals surface area contributed by atoms with Gasteiger partial charge < -0.3 is 0 Å². The Morgan fingerprint density at radius 1 is 1.29 bits per heavy atom. The molecule has 0 saturated carbocycles. The number of rotatable bonds is 2. The van der Waals surface area contributed by atoms with E-state index in [0.717, 1.165) is 16.5 Å². The lowest BCUT2D eigenvalue weighted by atomic mass is 10.1. The van der Waals surface area contributed by atoms with Crippen molar-refractivity contribution in [3.05, 3.63) is 35.5 Å². The number of nitrogens with zero attached hydrogens (tertiary/aromatic N) is 1. The molecular formula is C12H12BrNO2S. The molecule has 0 aliphatic carbocycles. The van der Waals surface area contributed by atoms with Gasteiger partial charge in [-0.05, 0) is 36.2 Å². The van der Waals surface area contributed by atoms with Gasteiger partial charge in [-0.1, -0.05) is 15.9 Å². The van der Waals surface area contributed by atoms with Crippen molar-refractivity contribution < 1.29 is 8.42 Å². The van der Waals surface area contributed by atoms with Crippen LogP contribution in [-0.2, 0) is 15.2 Å². The molecule has 0 aliphatic heterocycles. The van der Waals surface area contributed by atoms with Crippen LogP contribution in [0, 0.1) is 6.92 Å². The van der Waals surface area contributed by atoms with E-state index in [9.17, 15) is 8.42 Å². The van der Waals surface area contributed by atoms with Crippen LogP contribution >= 0.6 is 15.9 Å². The number of alkyl halides is 1. The van der Waals surface area contributed by atoms with Crippen LogP contribution in [0.3, 0.4) is 0 Å². The lowest BCUT2D eigenvalue weighted by Gasteiger charge is -2.07. The van der Waals surface area contributed by atoms with Crippen LogP contribution in [0.4, 0.5) is 0 Å². The number of halogens is 1. The fourth-order valence-electron chi connectivity index (χ4n) is 1.75. The van der Waals surface area contributed by atoms with Gasteiger partial charge >= 0.3 is 0 Å². The molecule has 0 atom stereocenters. The Labute approximate surface area is 109 Å². The predicted octanol–water partition coefficient (Wildman–Crippen LogP) is 2.84. The minimum atomic E-state index is -3.26. The molecule has 2 aromatic rings. The summed E-state index contributed by atoms with van der Waals surface area (Å²) >= 11 is 3.35. The summed E-state index contributed by atoms with van der Waals surface area (Å²) in [4.78, 5) is 4.52. The molecule has 1 aromatic carbocycles. The molecule has 90 valence electrons. The summed E-state index contributed by atoms with van der Waals surface area (Å²) in [6, 6.07) is 5.58. The van der Waals surface area contributed by atoms with Crippen molar-refractivity contribution in [3.63, 3.8) is 0 Å². The number of pyridine rings is 1. The third kappa shape index (κ3) is 2.50. The SMILES string of the molecule is Cc1cnc2c(S(C)(=O)=O)cc(CBr)cc2c1. The smallest absolute Gasteiger partial charge is 0.177 e. The molecule has 0 N–H and O–H groups in total. The summed E-state index contributed by atoms with van der Waals surface area (Å²) in [5, 5.41) is 1.49. The van der Waals surface area contributed by atoms with Crippen LogP contribution < -0.4 is 0 Å². The summed E-state index contributed by atoms with van der Waals surface area (Å²) in [6.45, 7) is 1.94. The van der Waals surface area contributed by atoms with Gasteiger partial charge in [0, 0.05) is 23.2 Å². The van der Waals surface area contributed by atoms with E-state index in [1.165, 1.54) is 6.26 Å². The largest absolute Gasteiger partial charge is 0.255 e. The van der Waals surface area contributed by atoms with Crippen LogP contribution in [-0.4, -0.2) is 19.7 Å². The van der Waals surface area contributed by atoms with Crippen LogP contribution in [0.15, 0.2) is 29.3 Å². The molecule has 5 heteroatoms. The van der Waals surface area contributed by atoms with E-state index in [4.69, 9.17) is 0 Å². The summed E-state index contributed by atoms with van der Waals surface area (Å²) in [5.41, 5.74) is 2.50. The van der Waals surface area contributed by atoms with Gasteiger partial charge in [0.2, 0.25) is 0 Å². The Morgan fingerprint density at radius 2 is 2.00 bits per heavy atom. The van der Waals surface area contributed by atoms with E-state index >= 15 is 0 Å². The van der Waals surface area contributed by atoms with E-state index in [2.05, 4.69) is 20.9 Å². The number of benzene rings is 1. The topological polar surface area (TPSA) is 47.0 Å². The summed E-state index contributed by atoms with van der Waals surface area (Å²) in [7, 11) is -3.26. The molecule has 0 spiro atoms. The summed E-state index contributed by atoms with van der Waals surface area (Å²) in [6.07, 6.45) is 2.89. The summed E-state index contributed by atoms with van der Waals surface area (Å²) in [5.74, 6) is 0. The summed E-state index contributed by atoms with van der Waals surface area (Å²) < 4.78 is 23.5. The molecule has 1 aromatic heterocycles. The Morgan fingerprint density at radius 3 is 2.59 bits per heavy atom.